The molecule has 220 valence electrons. The normalized spacial score (nSPS) is 12.9. The number of halogens is 2. The van der Waals surface area contributed by atoms with Crippen LogP contribution in [0.2, 0.25) is 10.0 Å². The van der Waals surface area contributed by atoms with Crippen LogP contribution in [-0.2, 0) is 26.2 Å². The number of rotatable bonds is 12. The summed E-state index contributed by atoms with van der Waals surface area (Å²) in [5.41, 5.74) is 2.56. The van der Waals surface area contributed by atoms with E-state index >= 15 is 0 Å². The fourth-order valence-corrected chi connectivity index (χ4v) is 6.34. The van der Waals surface area contributed by atoms with Crippen molar-refractivity contribution in [1.82, 2.24) is 10.2 Å². The maximum atomic E-state index is 14.2. The lowest BCUT2D eigenvalue weighted by Gasteiger charge is -2.34. The van der Waals surface area contributed by atoms with Gasteiger partial charge >= 0.3 is 0 Å². The number of nitrogens with one attached hydrogen (secondary N) is 1. The first kappa shape index (κ1) is 32.4. The van der Waals surface area contributed by atoms with E-state index in [4.69, 9.17) is 23.2 Å². The molecule has 2 atom stereocenters. The van der Waals surface area contributed by atoms with Crippen LogP contribution in [0.4, 0.5) is 5.69 Å². The summed E-state index contributed by atoms with van der Waals surface area (Å²) in [4.78, 5) is 29.0. The van der Waals surface area contributed by atoms with Crippen molar-refractivity contribution in [3.8, 4) is 0 Å². The van der Waals surface area contributed by atoms with Gasteiger partial charge in [-0.1, -0.05) is 79.0 Å². The number of anilines is 1. The summed E-state index contributed by atoms with van der Waals surface area (Å²) in [6, 6.07) is 17.4. The summed E-state index contributed by atoms with van der Waals surface area (Å²) < 4.78 is 29.1. The topological polar surface area (TPSA) is 86.8 Å². The van der Waals surface area contributed by atoms with E-state index in [1.165, 1.54) is 17.0 Å². The van der Waals surface area contributed by atoms with Gasteiger partial charge < -0.3 is 10.2 Å². The lowest BCUT2D eigenvalue weighted by molar-refractivity contribution is -0.140. The fraction of sp³-hybridized carbons (Fsp3) is 0.355. The number of benzene rings is 3. The Hall–Kier alpha value is -3.07. The predicted molar refractivity (Wildman–Crippen MR) is 166 cm³/mol. The Kier molecular flexibility index (Phi) is 11.2. The molecule has 3 aromatic carbocycles. The second kappa shape index (κ2) is 14.2. The van der Waals surface area contributed by atoms with Crippen LogP contribution in [0.25, 0.3) is 0 Å². The number of nitrogens with zero attached hydrogens (tertiary/aromatic N) is 2. The summed E-state index contributed by atoms with van der Waals surface area (Å²) in [7, 11) is -4.14. The molecule has 3 rings (SSSR count). The number of para-hydroxylation sites is 1. The highest BCUT2D eigenvalue weighted by molar-refractivity contribution is 7.92. The first-order valence-electron chi connectivity index (χ1n) is 13.6. The van der Waals surface area contributed by atoms with E-state index in [9.17, 15) is 18.0 Å². The maximum absolute atomic E-state index is 14.2. The predicted octanol–water partition coefficient (Wildman–Crippen LogP) is 6.53. The van der Waals surface area contributed by atoms with Gasteiger partial charge in [0.05, 0.1) is 10.6 Å². The summed E-state index contributed by atoms with van der Waals surface area (Å²) >= 11 is 12.6. The van der Waals surface area contributed by atoms with E-state index in [1.807, 2.05) is 27.7 Å². The van der Waals surface area contributed by atoms with Crippen LogP contribution in [0.5, 0.6) is 0 Å². The largest absolute Gasteiger partial charge is 0.352 e. The molecule has 0 aliphatic heterocycles. The Labute approximate surface area is 253 Å². The highest BCUT2D eigenvalue weighted by Crippen LogP contribution is 2.29. The second-order valence-corrected chi connectivity index (χ2v) is 12.8. The van der Waals surface area contributed by atoms with Gasteiger partial charge in [-0.15, -0.1) is 0 Å². The van der Waals surface area contributed by atoms with Crippen LogP contribution in [0.15, 0.2) is 71.6 Å². The lowest BCUT2D eigenvalue weighted by Crippen LogP contribution is -2.53. The van der Waals surface area contributed by atoms with E-state index in [2.05, 4.69) is 5.32 Å². The first-order valence-corrected chi connectivity index (χ1v) is 15.8. The van der Waals surface area contributed by atoms with E-state index in [0.29, 0.717) is 33.3 Å². The molecule has 3 aromatic rings. The van der Waals surface area contributed by atoms with Crippen LogP contribution in [0.3, 0.4) is 0 Å². The van der Waals surface area contributed by atoms with Crippen molar-refractivity contribution in [3.63, 3.8) is 0 Å². The molecule has 0 aliphatic carbocycles. The van der Waals surface area contributed by atoms with Crippen LogP contribution in [-0.4, -0.2) is 43.8 Å². The third kappa shape index (κ3) is 8.03. The van der Waals surface area contributed by atoms with E-state index < -0.39 is 28.5 Å². The minimum Gasteiger partial charge on any atom is -0.352 e. The lowest BCUT2D eigenvalue weighted by atomic mass is 10.1. The van der Waals surface area contributed by atoms with Crippen molar-refractivity contribution in [1.29, 1.82) is 0 Å². The molecule has 41 heavy (non-hydrogen) atoms. The van der Waals surface area contributed by atoms with Gasteiger partial charge in [0.1, 0.15) is 12.6 Å². The van der Waals surface area contributed by atoms with Gasteiger partial charge in [0.15, 0.2) is 0 Å². The van der Waals surface area contributed by atoms with E-state index in [0.717, 1.165) is 16.3 Å². The van der Waals surface area contributed by atoms with Gasteiger partial charge in [0, 0.05) is 22.6 Å². The third-order valence-electron chi connectivity index (χ3n) is 7.01. The quantitative estimate of drug-likeness (QED) is 0.250. The molecule has 0 aliphatic rings. The molecular weight excluding hydrogens is 581 g/mol. The molecule has 0 heterocycles. The average molecular weight is 619 g/mol. The summed E-state index contributed by atoms with van der Waals surface area (Å²) in [6.07, 6.45) is 1.03. The van der Waals surface area contributed by atoms with Crippen molar-refractivity contribution in [2.75, 3.05) is 10.8 Å². The van der Waals surface area contributed by atoms with Crippen LogP contribution >= 0.6 is 23.2 Å². The standard InChI is InChI=1S/C31H37Cl2N3O4S/c1-6-23(5)34-31(38)28(7-2)35(19-24-14-15-25(32)18-27(24)33)30(37)20-36(29-11-9-8-10-22(29)4)41(39,40)26-16-12-21(3)13-17-26/h8-18,23,28H,6-7,19-20H2,1-5H3,(H,34,38)/t23-,28-/m1/s1. The van der Waals surface area contributed by atoms with Gasteiger partial charge in [-0.25, -0.2) is 8.42 Å². The SMILES string of the molecule is CC[C@@H](C)NC(=O)[C@@H](CC)N(Cc1ccc(Cl)cc1Cl)C(=O)CN(c1ccccc1C)S(=O)(=O)c1ccc(C)cc1. The zero-order valence-corrected chi connectivity index (χ0v) is 26.4. The highest BCUT2D eigenvalue weighted by atomic mass is 35.5. The molecule has 0 spiro atoms. The molecule has 0 unspecified atom stereocenters. The molecule has 0 radical (unpaired) electrons. The van der Waals surface area contributed by atoms with Gasteiger partial charge in [0.2, 0.25) is 11.8 Å². The Morgan fingerprint density at radius 3 is 2.17 bits per heavy atom. The number of amides is 2. The van der Waals surface area contributed by atoms with E-state index in [-0.39, 0.29) is 23.4 Å². The zero-order chi connectivity index (χ0) is 30.3. The number of hydrogen-bond donors (Lipinski definition) is 1. The molecule has 7 nitrogen and oxygen atoms in total. The molecular formula is C31H37Cl2N3O4S. The fourth-order valence-electron chi connectivity index (χ4n) is 4.39. The number of sulfonamides is 1. The zero-order valence-electron chi connectivity index (χ0n) is 24.0. The Morgan fingerprint density at radius 1 is 0.927 bits per heavy atom. The Morgan fingerprint density at radius 2 is 1.59 bits per heavy atom. The van der Waals surface area contributed by atoms with Crippen molar-refractivity contribution < 1.29 is 18.0 Å². The smallest absolute Gasteiger partial charge is 0.264 e. The number of carbonyl (C=O) groups is 2. The van der Waals surface area contributed by atoms with E-state index in [1.54, 1.807) is 61.5 Å². The molecule has 0 aromatic heterocycles. The maximum Gasteiger partial charge on any atom is 0.264 e. The number of carbonyl (C=O) groups excluding carboxylic acids is 2. The summed E-state index contributed by atoms with van der Waals surface area (Å²) in [5, 5.41) is 3.74. The van der Waals surface area contributed by atoms with Crippen molar-refractivity contribution in [3.05, 3.63) is 93.5 Å². The molecule has 0 bridgehead atoms. The van der Waals surface area contributed by atoms with Gasteiger partial charge in [-0.3, -0.25) is 13.9 Å². The van der Waals surface area contributed by atoms with Crippen LogP contribution < -0.4 is 9.62 Å². The van der Waals surface area contributed by atoms with Crippen molar-refractivity contribution >= 4 is 50.7 Å². The molecule has 0 saturated heterocycles. The van der Waals surface area contributed by atoms with Gasteiger partial charge in [-0.05, 0) is 75.1 Å². The first-order chi connectivity index (χ1) is 19.4. The molecule has 0 fully saturated rings. The second-order valence-electron chi connectivity index (χ2n) is 10.1. The summed E-state index contributed by atoms with van der Waals surface area (Å²) in [6.45, 7) is 8.80. The Bertz CT molecular complexity index is 1480. The molecule has 10 heteroatoms. The molecule has 2 amide bonds. The average Bonchev–Trinajstić information content (AvgIpc) is 2.93. The molecule has 1 N–H and O–H groups in total. The third-order valence-corrected chi connectivity index (χ3v) is 9.38. The summed E-state index contributed by atoms with van der Waals surface area (Å²) in [5.74, 6) is -0.856. The van der Waals surface area contributed by atoms with Crippen molar-refractivity contribution in [2.24, 2.45) is 0 Å². The highest BCUT2D eigenvalue weighted by Gasteiger charge is 2.34. The van der Waals surface area contributed by atoms with Crippen molar-refractivity contribution in [2.45, 2.75) is 71.0 Å². The number of hydrogen-bond acceptors (Lipinski definition) is 4. The molecule has 0 saturated carbocycles. The van der Waals surface area contributed by atoms with Gasteiger partial charge in [-0.2, -0.15) is 0 Å². The minimum absolute atomic E-state index is 0.00649. The Balaban J connectivity index is 2.09. The number of aryl methyl sites for hydroxylation is 2. The minimum atomic E-state index is -4.14. The van der Waals surface area contributed by atoms with Gasteiger partial charge in [0.25, 0.3) is 10.0 Å². The monoisotopic (exact) mass is 617 g/mol. The van der Waals surface area contributed by atoms with Crippen LogP contribution in [0.1, 0.15) is 50.3 Å². The van der Waals surface area contributed by atoms with Crippen LogP contribution in [0, 0.1) is 13.8 Å².